The zero-order chi connectivity index (χ0) is 9.68. The summed E-state index contributed by atoms with van der Waals surface area (Å²) in [5.41, 5.74) is 6.23. The molecule has 0 amide bonds. The fraction of sp³-hybridized carbons (Fsp3) is 0.200. The van der Waals surface area contributed by atoms with Gasteiger partial charge >= 0.3 is 0 Å². The van der Waals surface area contributed by atoms with Crippen LogP contribution >= 0.6 is 27.5 Å². The molecule has 1 nitrogen and oxygen atoms in total. The second kappa shape index (κ2) is 5.29. The van der Waals surface area contributed by atoms with Gasteiger partial charge in [-0.15, -0.1) is 0 Å². The molecule has 0 atom stereocenters. The third kappa shape index (κ3) is 3.40. The molecule has 1 aromatic rings. The van der Waals surface area contributed by atoms with Gasteiger partial charge in [-0.25, -0.2) is 0 Å². The molecule has 13 heavy (non-hydrogen) atoms. The third-order valence-corrected chi connectivity index (χ3v) is 2.65. The van der Waals surface area contributed by atoms with E-state index in [2.05, 4.69) is 27.8 Å². The Morgan fingerprint density at radius 3 is 2.85 bits per heavy atom. The topological polar surface area (TPSA) is 26.0 Å². The van der Waals surface area contributed by atoms with Crippen molar-refractivity contribution in [3.05, 3.63) is 33.3 Å². The summed E-state index contributed by atoms with van der Waals surface area (Å²) in [6, 6.07) is 5.63. The van der Waals surface area contributed by atoms with Crippen LogP contribution in [0.4, 0.5) is 0 Å². The van der Waals surface area contributed by atoms with E-state index in [1.54, 1.807) is 0 Å². The SMILES string of the molecule is NCCC#Cc1ccc(Br)c(Cl)c1. The van der Waals surface area contributed by atoms with E-state index in [9.17, 15) is 0 Å². The first-order valence-corrected chi connectivity index (χ1v) is 5.05. The van der Waals surface area contributed by atoms with E-state index in [0.717, 1.165) is 10.0 Å². The van der Waals surface area contributed by atoms with Crippen LogP contribution in [0.15, 0.2) is 22.7 Å². The highest BCUT2D eigenvalue weighted by molar-refractivity contribution is 9.10. The van der Waals surface area contributed by atoms with E-state index in [1.165, 1.54) is 0 Å². The van der Waals surface area contributed by atoms with Crippen LogP contribution in [0, 0.1) is 11.8 Å². The molecule has 0 aliphatic carbocycles. The first kappa shape index (κ1) is 10.6. The summed E-state index contributed by atoms with van der Waals surface area (Å²) in [7, 11) is 0. The molecule has 0 aliphatic rings. The van der Waals surface area contributed by atoms with Crippen molar-refractivity contribution in [1.29, 1.82) is 0 Å². The third-order valence-electron chi connectivity index (χ3n) is 1.42. The average molecular weight is 259 g/mol. The lowest BCUT2D eigenvalue weighted by Crippen LogP contribution is -1.95. The predicted molar refractivity (Wildman–Crippen MR) is 59.7 cm³/mol. The van der Waals surface area contributed by atoms with Gasteiger partial charge in [0, 0.05) is 23.0 Å². The maximum absolute atomic E-state index is 5.89. The second-order valence-corrected chi connectivity index (χ2v) is 3.73. The second-order valence-electron chi connectivity index (χ2n) is 2.47. The lowest BCUT2D eigenvalue weighted by Gasteiger charge is -1.95. The highest BCUT2D eigenvalue weighted by atomic mass is 79.9. The fourth-order valence-corrected chi connectivity index (χ4v) is 1.24. The van der Waals surface area contributed by atoms with Gasteiger partial charge in [0.2, 0.25) is 0 Å². The van der Waals surface area contributed by atoms with Crippen molar-refractivity contribution >= 4 is 27.5 Å². The van der Waals surface area contributed by atoms with Crippen LogP contribution in [0.2, 0.25) is 5.02 Å². The number of hydrogen-bond donors (Lipinski definition) is 1. The highest BCUT2D eigenvalue weighted by Crippen LogP contribution is 2.22. The molecule has 0 saturated heterocycles. The minimum Gasteiger partial charge on any atom is -0.330 e. The largest absolute Gasteiger partial charge is 0.330 e. The maximum atomic E-state index is 5.89. The molecule has 0 aromatic heterocycles. The van der Waals surface area contributed by atoms with E-state index in [4.69, 9.17) is 17.3 Å². The number of benzene rings is 1. The molecule has 0 saturated carbocycles. The molecule has 0 bridgehead atoms. The van der Waals surface area contributed by atoms with E-state index in [-0.39, 0.29) is 0 Å². The standard InChI is InChI=1S/C10H9BrClN/c11-9-5-4-8(7-10(9)12)3-1-2-6-13/h4-5,7H,2,6,13H2. The van der Waals surface area contributed by atoms with Crippen molar-refractivity contribution in [2.24, 2.45) is 5.73 Å². The number of nitrogens with two attached hydrogens (primary N) is 1. The number of halogens is 2. The molecular weight excluding hydrogens is 249 g/mol. The molecule has 0 heterocycles. The summed E-state index contributed by atoms with van der Waals surface area (Å²) in [6.45, 7) is 0.595. The average Bonchev–Trinajstić information content (AvgIpc) is 2.12. The van der Waals surface area contributed by atoms with Crippen LogP contribution in [0.1, 0.15) is 12.0 Å². The maximum Gasteiger partial charge on any atom is 0.0560 e. The number of hydrogen-bond acceptors (Lipinski definition) is 1. The summed E-state index contributed by atoms with van der Waals surface area (Å²) in [4.78, 5) is 0. The number of rotatable bonds is 1. The Hall–Kier alpha value is -0.490. The molecular formula is C10H9BrClN. The van der Waals surface area contributed by atoms with Gasteiger partial charge in [0.1, 0.15) is 0 Å². The van der Waals surface area contributed by atoms with Gasteiger partial charge in [-0.3, -0.25) is 0 Å². The Morgan fingerprint density at radius 2 is 2.23 bits per heavy atom. The van der Waals surface area contributed by atoms with E-state index in [0.29, 0.717) is 18.0 Å². The Kier molecular flexibility index (Phi) is 4.31. The van der Waals surface area contributed by atoms with Crippen molar-refractivity contribution in [3.63, 3.8) is 0 Å². The Morgan fingerprint density at radius 1 is 1.46 bits per heavy atom. The summed E-state index contributed by atoms with van der Waals surface area (Å²) in [5, 5.41) is 0.680. The first-order chi connectivity index (χ1) is 6.24. The zero-order valence-corrected chi connectivity index (χ0v) is 9.32. The normalized spacial score (nSPS) is 9.15. The summed E-state index contributed by atoms with van der Waals surface area (Å²) >= 11 is 9.20. The summed E-state index contributed by atoms with van der Waals surface area (Å²) in [6.07, 6.45) is 0.716. The van der Waals surface area contributed by atoms with Crippen LogP contribution in [-0.2, 0) is 0 Å². The van der Waals surface area contributed by atoms with Gasteiger partial charge < -0.3 is 5.73 Å². The summed E-state index contributed by atoms with van der Waals surface area (Å²) < 4.78 is 0.888. The monoisotopic (exact) mass is 257 g/mol. The summed E-state index contributed by atoms with van der Waals surface area (Å²) in [5.74, 6) is 5.93. The fourth-order valence-electron chi connectivity index (χ4n) is 0.811. The van der Waals surface area contributed by atoms with E-state index in [1.807, 2.05) is 18.2 Å². The smallest absolute Gasteiger partial charge is 0.0560 e. The Bertz CT molecular complexity index is 352. The molecule has 0 radical (unpaired) electrons. The molecule has 2 N–H and O–H groups in total. The van der Waals surface area contributed by atoms with Gasteiger partial charge in [-0.05, 0) is 34.1 Å². The molecule has 68 valence electrons. The van der Waals surface area contributed by atoms with Gasteiger partial charge in [-0.1, -0.05) is 23.4 Å². The first-order valence-electron chi connectivity index (χ1n) is 3.88. The van der Waals surface area contributed by atoms with E-state index < -0.39 is 0 Å². The van der Waals surface area contributed by atoms with Crippen LogP contribution in [0.25, 0.3) is 0 Å². The van der Waals surface area contributed by atoms with Crippen molar-refractivity contribution in [2.45, 2.75) is 6.42 Å². The highest BCUT2D eigenvalue weighted by Gasteiger charge is 1.95. The van der Waals surface area contributed by atoms with Crippen molar-refractivity contribution in [3.8, 4) is 11.8 Å². The minimum absolute atomic E-state index is 0.595. The zero-order valence-electron chi connectivity index (χ0n) is 6.98. The van der Waals surface area contributed by atoms with Gasteiger partial charge in [0.05, 0.1) is 5.02 Å². The van der Waals surface area contributed by atoms with Crippen molar-refractivity contribution in [1.82, 2.24) is 0 Å². The van der Waals surface area contributed by atoms with Gasteiger partial charge in [0.15, 0.2) is 0 Å². The lowest BCUT2D eigenvalue weighted by atomic mass is 10.2. The molecule has 0 fully saturated rings. The lowest BCUT2D eigenvalue weighted by molar-refractivity contribution is 1.03. The molecule has 0 spiro atoms. The Balaban J connectivity index is 2.81. The van der Waals surface area contributed by atoms with Crippen LogP contribution in [0.3, 0.4) is 0 Å². The molecule has 1 aromatic carbocycles. The van der Waals surface area contributed by atoms with Crippen molar-refractivity contribution < 1.29 is 0 Å². The quantitative estimate of drug-likeness (QED) is 0.770. The predicted octanol–water partition coefficient (Wildman–Crippen LogP) is 2.80. The Labute approximate surface area is 91.4 Å². The minimum atomic E-state index is 0.595. The van der Waals surface area contributed by atoms with Crippen molar-refractivity contribution in [2.75, 3.05) is 6.54 Å². The molecule has 0 unspecified atom stereocenters. The molecule has 1 rings (SSSR count). The van der Waals surface area contributed by atoms with Gasteiger partial charge in [0.25, 0.3) is 0 Å². The molecule has 0 aliphatic heterocycles. The molecule has 3 heteroatoms. The van der Waals surface area contributed by atoms with Crippen LogP contribution in [-0.4, -0.2) is 6.54 Å². The van der Waals surface area contributed by atoms with E-state index >= 15 is 0 Å². The van der Waals surface area contributed by atoms with Crippen LogP contribution < -0.4 is 5.73 Å². The van der Waals surface area contributed by atoms with Gasteiger partial charge in [-0.2, -0.15) is 0 Å². The van der Waals surface area contributed by atoms with Crippen LogP contribution in [0.5, 0.6) is 0 Å².